The Balaban J connectivity index is 2.20. The smallest absolute Gasteiger partial charge is 0.201 e. The molecule has 17 heavy (non-hydrogen) atoms. The van der Waals surface area contributed by atoms with Gasteiger partial charge < -0.3 is 9.47 Å². The standard InChI is InChI=1S/C14H15NO2/c1-2-16-14-9-12(8-13(10-15)17-14)11-6-4-3-5-7-11/h3-8,12,14H,2,9H2,1H3/t12-,14+/m1/s1. The SMILES string of the molecule is CCO[C@@H]1C[C@H](c2ccccc2)C=C(C#N)O1. The predicted octanol–water partition coefficient (Wildman–Crippen LogP) is 2.96. The number of nitrogens with zero attached hydrogens (tertiary/aromatic N) is 1. The normalized spacial score (nSPS) is 23.4. The van der Waals surface area contributed by atoms with Crippen molar-refractivity contribution in [3.05, 3.63) is 47.7 Å². The van der Waals surface area contributed by atoms with Crippen LogP contribution in [0.2, 0.25) is 0 Å². The molecule has 0 aromatic heterocycles. The molecule has 0 saturated heterocycles. The molecule has 0 bridgehead atoms. The average molecular weight is 229 g/mol. The van der Waals surface area contributed by atoms with Crippen molar-refractivity contribution in [2.45, 2.75) is 25.6 Å². The van der Waals surface area contributed by atoms with E-state index in [-0.39, 0.29) is 12.2 Å². The number of hydrogen-bond donors (Lipinski definition) is 0. The molecule has 1 aliphatic rings. The van der Waals surface area contributed by atoms with Crippen molar-refractivity contribution < 1.29 is 9.47 Å². The molecular weight excluding hydrogens is 214 g/mol. The Labute approximate surface area is 101 Å². The topological polar surface area (TPSA) is 42.2 Å². The van der Waals surface area contributed by atoms with E-state index >= 15 is 0 Å². The Hall–Kier alpha value is -1.79. The summed E-state index contributed by atoms with van der Waals surface area (Å²) in [6.45, 7) is 2.51. The van der Waals surface area contributed by atoms with Gasteiger partial charge in [0, 0.05) is 18.9 Å². The highest BCUT2D eigenvalue weighted by Gasteiger charge is 2.24. The highest BCUT2D eigenvalue weighted by molar-refractivity contribution is 5.29. The summed E-state index contributed by atoms with van der Waals surface area (Å²) < 4.78 is 10.9. The maximum absolute atomic E-state index is 8.94. The van der Waals surface area contributed by atoms with Crippen LogP contribution in [0.15, 0.2) is 42.2 Å². The third-order valence-corrected chi connectivity index (χ3v) is 2.75. The molecule has 0 amide bonds. The number of ether oxygens (including phenoxy) is 2. The van der Waals surface area contributed by atoms with Crippen LogP contribution in [0, 0.1) is 11.3 Å². The van der Waals surface area contributed by atoms with Crippen molar-refractivity contribution in [1.82, 2.24) is 0 Å². The summed E-state index contributed by atoms with van der Waals surface area (Å²) >= 11 is 0. The second-order valence-corrected chi connectivity index (χ2v) is 3.90. The van der Waals surface area contributed by atoms with E-state index in [0.29, 0.717) is 12.4 Å². The summed E-state index contributed by atoms with van der Waals surface area (Å²) in [5.41, 5.74) is 1.19. The largest absolute Gasteiger partial charge is 0.455 e. The zero-order valence-electron chi connectivity index (χ0n) is 9.80. The second kappa shape index (κ2) is 5.51. The molecule has 88 valence electrons. The van der Waals surface area contributed by atoms with Crippen LogP contribution in [0.25, 0.3) is 0 Å². The number of rotatable bonds is 3. The van der Waals surface area contributed by atoms with Crippen molar-refractivity contribution in [3.63, 3.8) is 0 Å². The summed E-state index contributed by atoms with van der Waals surface area (Å²) in [5, 5.41) is 8.94. The Morgan fingerprint density at radius 2 is 2.18 bits per heavy atom. The molecule has 3 nitrogen and oxygen atoms in total. The van der Waals surface area contributed by atoms with Crippen molar-refractivity contribution in [2.75, 3.05) is 6.61 Å². The van der Waals surface area contributed by atoms with Crippen molar-refractivity contribution >= 4 is 0 Å². The first-order chi connectivity index (χ1) is 8.33. The lowest BCUT2D eigenvalue weighted by Crippen LogP contribution is -2.23. The fourth-order valence-corrected chi connectivity index (χ4v) is 1.97. The zero-order valence-corrected chi connectivity index (χ0v) is 9.80. The molecule has 1 aliphatic heterocycles. The lowest BCUT2D eigenvalue weighted by molar-refractivity contribution is -0.121. The van der Waals surface area contributed by atoms with Gasteiger partial charge in [0.2, 0.25) is 6.29 Å². The highest BCUT2D eigenvalue weighted by Crippen LogP contribution is 2.30. The first-order valence-corrected chi connectivity index (χ1v) is 5.78. The quantitative estimate of drug-likeness (QED) is 0.800. The van der Waals surface area contributed by atoms with E-state index in [1.165, 1.54) is 5.56 Å². The minimum Gasteiger partial charge on any atom is -0.455 e. The lowest BCUT2D eigenvalue weighted by Gasteiger charge is -2.27. The average Bonchev–Trinajstić information content (AvgIpc) is 2.40. The minimum absolute atomic E-state index is 0.191. The molecule has 0 aliphatic carbocycles. The molecule has 2 atom stereocenters. The fraction of sp³-hybridized carbons (Fsp3) is 0.357. The molecule has 1 aromatic rings. The van der Waals surface area contributed by atoms with Crippen LogP contribution >= 0.6 is 0 Å². The molecule has 3 heteroatoms. The Morgan fingerprint density at radius 3 is 2.82 bits per heavy atom. The van der Waals surface area contributed by atoms with Gasteiger partial charge in [0.15, 0.2) is 5.76 Å². The molecule has 1 aromatic carbocycles. The first kappa shape index (κ1) is 11.7. The Kier molecular flexibility index (Phi) is 3.79. The number of allylic oxidation sites excluding steroid dienone is 2. The molecule has 2 rings (SSSR count). The van der Waals surface area contributed by atoms with Gasteiger partial charge in [0.25, 0.3) is 0 Å². The third kappa shape index (κ3) is 2.86. The van der Waals surface area contributed by atoms with Crippen LogP contribution in [-0.2, 0) is 9.47 Å². The number of hydrogen-bond acceptors (Lipinski definition) is 3. The van der Waals surface area contributed by atoms with Gasteiger partial charge >= 0.3 is 0 Å². The molecule has 0 N–H and O–H groups in total. The summed E-state index contributed by atoms with van der Waals surface area (Å²) in [4.78, 5) is 0. The van der Waals surface area contributed by atoms with Gasteiger partial charge in [-0.25, -0.2) is 0 Å². The van der Waals surface area contributed by atoms with Gasteiger partial charge in [-0.3, -0.25) is 0 Å². The zero-order chi connectivity index (χ0) is 12.1. The van der Waals surface area contributed by atoms with Crippen LogP contribution in [0.5, 0.6) is 0 Å². The summed E-state index contributed by atoms with van der Waals surface area (Å²) in [6.07, 6.45) is 2.30. The molecular formula is C14H15NO2. The van der Waals surface area contributed by atoms with E-state index < -0.39 is 0 Å². The summed E-state index contributed by atoms with van der Waals surface area (Å²) in [6, 6.07) is 12.2. The van der Waals surface area contributed by atoms with Crippen LogP contribution in [0.1, 0.15) is 24.8 Å². The number of nitriles is 1. The van der Waals surface area contributed by atoms with Gasteiger partial charge in [-0.05, 0) is 18.6 Å². The maximum Gasteiger partial charge on any atom is 0.201 e. The second-order valence-electron chi connectivity index (χ2n) is 3.90. The van der Waals surface area contributed by atoms with E-state index in [1.54, 1.807) is 0 Å². The van der Waals surface area contributed by atoms with Crippen LogP contribution < -0.4 is 0 Å². The van der Waals surface area contributed by atoms with Crippen LogP contribution in [0.3, 0.4) is 0 Å². The van der Waals surface area contributed by atoms with Crippen molar-refractivity contribution in [1.29, 1.82) is 5.26 Å². The van der Waals surface area contributed by atoms with E-state index in [0.717, 1.165) is 6.42 Å². The van der Waals surface area contributed by atoms with Crippen molar-refractivity contribution in [2.24, 2.45) is 0 Å². The summed E-state index contributed by atoms with van der Waals surface area (Å²) in [7, 11) is 0. The maximum atomic E-state index is 8.94. The van der Waals surface area contributed by atoms with Gasteiger partial charge in [-0.1, -0.05) is 30.3 Å². The van der Waals surface area contributed by atoms with E-state index in [4.69, 9.17) is 14.7 Å². The molecule has 1 heterocycles. The third-order valence-electron chi connectivity index (χ3n) is 2.75. The van der Waals surface area contributed by atoms with Gasteiger partial charge in [-0.15, -0.1) is 0 Å². The van der Waals surface area contributed by atoms with E-state index in [1.807, 2.05) is 31.2 Å². The lowest BCUT2D eigenvalue weighted by atomic mass is 9.93. The fourth-order valence-electron chi connectivity index (χ4n) is 1.97. The highest BCUT2D eigenvalue weighted by atomic mass is 16.7. The van der Waals surface area contributed by atoms with E-state index in [9.17, 15) is 0 Å². The van der Waals surface area contributed by atoms with Crippen molar-refractivity contribution in [3.8, 4) is 6.07 Å². The monoisotopic (exact) mass is 229 g/mol. The molecule has 0 radical (unpaired) electrons. The van der Waals surface area contributed by atoms with Gasteiger partial charge in [0.05, 0.1) is 0 Å². The molecule has 0 unspecified atom stereocenters. The van der Waals surface area contributed by atoms with E-state index in [2.05, 4.69) is 18.2 Å². The summed E-state index contributed by atoms with van der Waals surface area (Å²) in [5.74, 6) is 0.541. The van der Waals surface area contributed by atoms with Crippen LogP contribution in [0.4, 0.5) is 0 Å². The van der Waals surface area contributed by atoms with Gasteiger partial charge in [0.1, 0.15) is 6.07 Å². The molecule has 0 spiro atoms. The molecule has 0 saturated carbocycles. The Bertz CT molecular complexity index is 433. The predicted molar refractivity (Wildman–Crippen MR) is 64.0 cm³/mol. The number of benzene rings is 1. The first-order valence-electron chi connectivity index (χ1n) is 5.78. The minimum atomic E-state index is -0.315. The molecule has 0 fully saturated rings. The van der Waals surface area contributed by atoms with Crippen LogP contribution in [-0.4, -0.2) is 12.9 Å². The Morgan fingerprint density at radius 1 is 1.41 bits per heavy atom. The van der Waals surface area contributed by atoms with Gasteiger partial charge in [-0.2, -0.15) is 5.26 Å².